The number of ether oxygens (including phenoxy) is 1. The first-order chi connectivity index (χ1) is 16.5. The second-order valence-electron chi connectivity index (χ2n) is 8.31. The van der Waals surface area contributed by atoms with Gasteiger partial charge < -0.3 is 19.4 Å². The molecule has 1 aliphatic heterocycles. The number of carbonyl (C=O) groups is 2. The minimum Gasteiger partial charge on any atom is -0.497 e. The number of nitrogens with one attached hydrogen (secondary N) is 1. The Morgan fingerprint density at radius 2 is 1.88 bits per heavy atom. The Labute approximate surface area is 194 Å². The molecule has 0 unspecified atom stereocenters. The van der Waals surface area contributed by atoms with Crippen molar-refractivity contribution in [3.05, 3.63) is 64.9 Å². The molecule has 3 heterocycles. The largest absolute Gasteiger partial charge is 0.497 e. The van der Waals surface area contributed by atoms with Gasteiger partial charge in [-0.15, -0.1) is 0 Å². The van der Waals surface area contributed by atoms with Crippen LogP contribution in [0, 0.1) is 0 Å². The monoisotopic (exact) mass is 460 g/mol. The Hall–Kier alpha value is -4.14. The van der Waals surface area contributed by atoms with Gasteiger partial charge in [0.2, 0.25) is 5.91 Å². The van der Waals surface area contributed by atoms with Crippen LogP contribution in [0.25, 0.3) is 21.9 Å². The van der Waals surface area contributed by atoms with Crippen LogP contribution in [0.1, 0.15) is 29.8 Å². The highest BCUT2D eigenvalue weighted by Gasteiger charge is 2.20. The van der Waals surface area contributed by atoms with E-state index in [9.17, 15) is 14.4 Å². The summed E-state index contributed by atoms with van der Waals surface area (Å²) in [6.07, 6.45) is 4.68. The minimum atomic E-state index is -0.601. The SMILES string of the molecule is COc1ccc2cc(C(=O)Nc3ccc4oc(=O)n(CC(=O)N5CCCCC5)c4c3)ncc2c1. The highest BCUT2D eigenvalue weighted by atomic mass is 16.5. The summed E-state index contributed by atoms with van der Waals surface area (Å²) in [5.74, 6) is -0.394. The number of rotatable bonds is 5. The molecule has 1 aliphatic rings. The molecule has 2 amide bonds. The van der Waals surface area contributed by atoms with E-state index in [2.05, 4.69) is 10.3 Å². The maximum Gasteiger partial charge on any atom is 0.420 e. The number of methoxy groups -OCH3 is 1. The number of pyridine rings is 1. The number of hydrogen-bond donors (Lipinski definition) is 1. The van der Waals surface area contributed by atoms with E-state index in [1.165, 1.54) is 4.57 Å². The van der Waals surface area contributed by atoms with E-state index in [1.807, 2.05) is 18.2 Å². The predicted molar refractivity (Wildman–Crippen MR) is 127 cm³/mol. The van der Waals surface area contributed by atoms with Crippen LogP contribution in [0.15, 0.2) is 57.9 Å². The number of aromatic nitrogens is 2. The molecule has 0 atom stereocenters. The Balaban J connectivity index is 1.38. The standard InChI is InChI=1S/C25H24N4O5/c1-33-19-7-5-16-12-20(26-14-17(16)11-19)24(31)27-18-6-8-22-21(13-18)29(25(32)34-22)15-23(30)28-9-3-2-4-10-28/h5-8,11-14H,2-4,9-10,15H2,1H3,(H,27,31). The molecule has 0 saturated carbocycles. The smallest absolute Gasteiger partial charge is 0.420 e. The zero-order valence-corrected chi connectivity index (χ0v) is 18.7. The molecule has 2 aromatic carbocycles. The maximum atomic E-state index is 12.8. The van der Waals surface area contributed by atoms with Crippen LogP contribution in [0.5, 0.6) is 5.75 Å². The summed E-state index contributed by atoms with van der Waals surface area (Å²) in [4.78, 5) is 44.0. The second kappa shape index (κ2) is 9.01. The zero-order valence-electron chi connectivity index (χ0n) is 18.7. The maximum absolute atomic E-state index is 12.8. The van der Waals surface area contributed by atoms with Gasteiger partial charge in [-0.2, -0.15) is 0 Å². The van der Waals surface area contributed by atoms with E-state index in [0.29, 0.717) is 35.6 Å². The van der Waals surface area contributed by atoms with Crippen LogP contribution in [0.4, 0.5) is 5.69 Å². The average Bonchev–Trinajstić information content (AvgIpc) is 3.18. The fraction of sp³-hybridized carbons (Fsp3) is 0.280. The van der Waals surface area contributed by atoms with Crippen LogP contribution in [-0.4, -0.2) is 46.5 Å². The predicted octanol–water partition coefficient (Wildman–Crippen LogP) is 3.42. The lowest BCUT2D eigenvalue weighted by Crippen LogP contribution is -2.39. The molecule has 0 spiro atoms. The van der Waals surface area contributed by atoms with Gasteiger partial charge in [0, 0.05) is 30.4 Å². The Morgan fingerprint density at radius 3 is 2.68 bits per heavy atom. The molecule has 0 radical (unpaired) electrons. The lowest BCUT2D eigenvalue weighted by molar-refractivity contribution is -0.132. The van der Waals surface area contributed by atoms with Crippen molar-refractivity contribution in [2.24, 2.45) is 0 Å². The lowest BCUT2D eigenvalue weighted by Gasteiger charge is -2.26. The van der Waals surface area contributed by atoms with Gasteiger partial charge in [-0.1, -0.05) is 6.07 Å². The molecular formula is C25H24N4O5. The van der Waals surface area contributed by atoms with Gasteiger partial charge in [0.1, 0.15) is 18.0 Å². The van der Waals surface area contributed by atoms with E-state index in [-0.39, 0.29) is 24.1 Å². The lowest BCUT2D eigenvalue weighted by atomic mass is 10.1. The summed E-state index contributed by atoms with van der Waals surface area (Å²) in [6, 6.07) is 12.1. The number of piperidine rings is 1. The van der Waals surface area contributed by atoms with Gasteiger partial charge in [-0.05, 0) is 61.0 Å². The molecule has 5 rings (SSSR count). The average molecular weight is 460 g/mol. The topological polar surface area (TPSA) is 107 Å². The molecule has 0 bridgehead atoms. The summed E-state index contributed by atoms with van der Waals surface area (Å²) >= 11 is 0. The highest BCUT2D eigenvalue weighted by molar-refractivity contribution is 6.05. The number of fused-ring (bicyclic) bond motifs is 2. The van der Waals surface area contributed by atoms with Crippen LogP contribution in [-0.2, 0) is 11.3 Å². The van der Waals surface area contributed by atoms with Gasteiger partial charge in [0.15, 0.2) is 5.58 Å². The van der Waals surface area contributed by atoms with Crippen LogP contribution >= 0.6 is 0 Å². The number of benzene rings is 2. The molecule has 34 heavy (non-hydrogen) atoms. The minimum absolute atomic E-state index is 0.0983. The first kappa shape index (κ1) is 21.7. The molecular weight excluding hydrogens is 436 g/mol. The van der Waals surface area contributed by atoms with Crippen molar-refractivity contribution >= 4 is 39.4 Å². The molecule has 1 fully saturated rings. The number of carbonyl (C=O) groups excluding carboxylic acids is 2. The van der Waals surface area contributed by atoms with Gasteiger partial charge in [0.05, 0.1) is 12.6 Å². The van der Waals surface area contributed by atoms with Crippen LogP contribution in [0.3, 0.4) is 0 Å². The fourth-order valence-electron chi connectivity index (χ4n) is 4.23. The Kier molecular flexibility index (Phi) is 5.75. The number of hydrogen-bond acceptors (Lipinski definition) is 6. The van der Waals surface area contributed by atoms with Crippen LogP contribution < -0.4 is 15.8 Å². The van der Waals surface area contributed by atoms with Crippen molar-refractivity contribution < 1.29 is 18.7 Å². The normalized spacial score (nSPS) is 13.9. The van der Waals surface area contributed by atoms with E-state index >= 15 is 0 Å². The summed E-state index contributed by atoms with van der Waals surface area (Å²) in [6.45, 7) is 1.31. The van der Waals surface area contributed by atoms with Crippen molar-refractivity contribution in [3.8, 4) is 5.75 Å². The summed E-state index contributed by atoms with van der Waals surface area (Å²) < 4.78 is 11.8. The number of anilines is 1. The van der Waals surface area contributed by atoms with E-state index in [4.69, 9.17) is 9.15 Å². The molecule has 1 N–H and O–H groups in total. The van der Waals surface area contributed by atoms with E-state index in [1.54, 1.807) is 42.5 Å². The van der Waals surface area contributed by atoms with Crippen molar-refractivity contribution in [1.82, 2.24) is 14.5 Å². The summed E-state index contributed by atoms with van der Waals surface area (Å²) in [5, 5.41) is 4.53. The highest BCUT2D eigenvalue weighted by Crippen LogP contribution is 2.22. The summed E-state index contributed by atoms with van der Waals surface area (Å²) in [5.41, 5.74) is 1.52. The summed E-state index contributed by atoms with van der Waals surface area (Å²) in [7, 11) is 1.59. The van der Waals surface area contributed by atoms with Crippen molar-refractivity contribution in [2.45, 2.75) is 25.8 Å². The fourth-order valence-corrected chi connectivity index (χ4v) is 4.23. The van der Waals surface area contributed by atoms with Gasteiger partial charge in [-0.25, -0.2) is 4.79 Å². The third-order valence-electron chi connectivity index (χ3n) is 6.09. The van der Waals surface area contributed by atoms with Crippen molar-refractivity contribution in [3.63, 3.8) is 0 Å². The number of oxazole rings is 1. The molecule has 2 aromatic heterocycles. The third-order valence-corrected chi connectivity index (χ3v) is 6.09. The zero-order chi connectivity index (χ0) is 23.7. The van der Waals surface area contributed by atoms with Gasteiger partial charge in [0.25, 0.3) is 5.91 Å². The van der Waals surface area contributed by atoms with Crippen LogP contribution in [0.2, 0.25) is 0 Å². The molecule has 9 nitrogen and oxygen atoms in total. The number of amides is 2. The number of nitrogens with zero attached hydrogens (tertiary/aromatic N) is 3. The first-order valence-corrected chi connectivity index (χ1v) is 11.2. The number of likely N-dealkylation sites (tertiary alicyclic amines) is 1. The molecule has 4 aromatic rings. The first-order valence-electron chi connectivity index (χ1n) is 11.2. The Bertz CT molecular complexity index is 1450. The van der Waals surface area contributed by atoms with Crippen molar-refractivity contribution in [2.75, 3.05) is 25.5 Å². The van der Waals surface area contributed by atoms with Gasteiger partial charge >= 0.3 is 5.76 Å². The van der Waals surface area contributed by atoms with E-state index in [0.717, 1.165) is 30.0 Å². The third kappa shape index (κ3) is 4.24. The quantitative estimate of drug-likeness (QED) is 0.489. The molecule has 1 saturated heterocycles. The van der Waals surface area contributed by atoms with Crippen molar-refractivity contribution in [1.29, 1.82) is 0 Å². The molecule has 9 heteroatoms. The van der Waals surface area contributed by atoms with Gasteiger partial charge in [-0.3, -0.25) is 19.1 Å². The van der Waals surface area contributed by atoms with E-state index < -0.39 is 5.76 Å². The molecule has 0 aliphatic carbocycles. The Morgan fingerprint density at radius 1 is 1.06 bits per heavy atom. The second-order valence-corrected chi connectivity index (χ2v) is 8.31. The molecule has 174 valence electrons.